The van der Waals surface area contributed by atoms with Crippen LogP contribution in [0, 0.1) is 10.1 Å². The normalized spacial score (nSPS) is 17.2. The van der Waals surface area contributed by atoms with Gasteiger partial charge in [-0.05, 0) is 30.2 Å². The maximum Gasteiger partial charge on any atom is 0.273 e. The van der Waals surface area contributed by atoms with E-state index < -0.39 is 20.8 Å². The molecule has 1 heterocycles. The van der Waals surface area contributed by atoms with Crippen molar-refractivity contribution in [2.75, 3.05) is 37.1 Å². The van der Waals surface area contributed by atoms with Crippen LogP contribution in [0.3, 0.4) is 0 Å². The molecule has 10 heteroatoms. The van der Waals surface area contributed by atoms with Crippen LogP contribution < -0.4 is 9.64 Å². The molecule has 1 amide bonds. The molecule has 9 nitrogen and oxygen atoms in total. The Balaban J connectivity index is 1.74. The van der Waals surface area contributed by atoms with Crippen molar-refractivity contribution in [3.8, 4) is 5.75 Å². The van der Waals surface area contributed by atoms with Gasteiger partial charge in [-0.25, -0.2) is 8.42 Å². The summed E-state index contributed by atoms with van der Waals surface area (Å²) in [6, 6.07) is 12.8. The third kappa shape index (κ3) is 5.94. The van der Waals surface area contributed by atoms with Crippen molar-refractivity contribution >= 4 is 27.1 Å². The van der Waals surface area contributed by atoms with Gasteiger partial charge >= 0.3 is 0 Å². The van der Waals surface area contributed by atoms with Crippen molar-refractivity contribution in [1.82, 2.24) is 4.90 Å². The summed E-state index contributed by atoms with van der Waals surface area (Å²) in [6.07, 6.45) is 0.376. The van der Waals surface area contributed by atoms with Gasteiger partial charge in [0, 0.05) is 38.4 Å². The van der Waals surface area contributed by atoms with Gasteiger partial charge in [-0.3, -0.25) is 14.9 Å². The van der Waals surface area contributed by atoms with Gasteiger partial charge in [-0.15, -0.1) is 0 Å². The van der Waals surface area contributed by atoms with E-state index in [1.165, 1.54) is 29.2 Å². The highest BCUT2D eigenvalue weighted by atomic mass is 32.2. The lowest BCUT2D eigenvalue weighted by molar-refractivity contribution is -0.384. The molecule has 0 saturated carbocycles. The Bertz CT molecular complexity index is 1050. The first-order valence-corrected chi connectivity index (χ1v) is 11.6. The zero-order valence-corrected chi connectivity index (χ0v) is 18.2. The van der Waals surface area contributed by atoms with E-state index in [4.69, 9.17) is 4.74 Å². The highest BCUT2D eigenvalue weighted by Gasteiger charge is 2.34. The number of anilines is 1. The minimum atomic E-state index is -3.18. The molecule has 0 radical (unpaired) electrons. The number of nitro benzene ring substituents is 1. The van der Waals surface area contributed by atoms with Gasteiger partial charge in [0.2, 0.25) is 0 Å². The average molecular weight is 448 g/mol. The van der Waals surface area contributed by atoms with Crippen molar-refractivity contribution in [3.63, 3.8) is 0 Å². The number of hydrogen-bond donors (Lipinski definition) is 0. The van der Waals surface area contributed by atoms with Crippen LogP contribution in [-0.2, 0) is 21.2 Å². The van der Waals surface area contributed by atoms with Gasteiger partial charge in [0.05, 0.1) is 22.5 Å². The molecular weight excluding hydrogens is 422 g/mol. The van der Waals surface area contributed by atoms with Gasteiger partial charge in [0.25, 0.3) is 11.6 Å². The highest BCUT2D eigenvalue weighted by molar-refractivity contribution is 7.91. The van der Waals surface area contributed by atoms with E-state index in [1.807, 2.05) is 43.3 Å². The molecule has 0 aromatic heterocycles. The second kappa shape index (κ2) is 9.34. The van der Waals surface area contributed by atoms with E-state index in [9.17, 15) is 23.3 Å². The minimum absolute atomic E-state index is 0.0484. The van der Waals surface area contributed by atoms with E-state index >= 15 is 0 Å². The molecule has 166 valence electrons. The third-order valence-electron chi connectivity index (χ3n) is 5.17. The zero-order valence-electron chi connectivity index (χ0n) is 17.4. The Morgan fingerprint density at radius 3 is 2.48 bits per heavy atom. The lowest BCUT2D eigenvalue weighted by atomic mass is 10.1. The summed E-state index contributed by atoms with van der Waals surface area (Å²) in [4.78, 5) is 26.9. The number of benzene rings is 2. The van der Waals surface area contributed by atoms with E-state index in [2.05, 4.69) is 0 Å². The predicted octanol–water partition coefficient (Wildman–Crippen LogP) is 2.26. The van der Waals surface area contributed by atoms with Crippen LogP contribution in [-0.4, -0.2) is 62.4 Å². The van der Waals surface area contributed by atoms with Crippen molar-refractivity contribution in [1.29, 1.82) is 0 Å². The lowest BCUT2D eigenvalue weighted by Crippen LogP contribution is -2.43. The second-order valence-corrected chi connectivity index (χ2v) is 9.91. The molecule has 1 atom stereocenters. The highest BCUT2D eigenvalue weighted by Crippen LogP contribution is 2.23. The Kier molecular flexibility index (Phi) is 6.79. The van der Waals surface area contributed by atoms with Crippen LogP contribution >= 0.6 is 0 Å². The Morgan fingerprint density at radius 1 is 1.19 bits per heavy atom. The number of rotatable bonds is 8. The summed E-state index contributed by atoms with van der Waals surface area (Å²) >= 11 is 0. The first-order chi connectivity index (χ1) is 14.6. The summed E-state index contributed by atoms with van der Waals surface area (Å²) in [5.74, 6) is -0.194. The molecule has 1 aliphatic rings. The van der Waals surface area contributed by atoms with Crippen molar-refractivity contribution < 1.29 is 22.9 Å². The number of non-ortho nitro benzene ring substituents is 1. The quantitative estimate of drug-likeness (QED) is 0.451. The standard InChI is InChI=1S/C21H25N3O6S/c1-22(2)17-8-6-16(7-9-17)13-23(19-10-11-31(28,29)15-19)21(25)14-30-20-5-3-4-18(12-20)24(26)27/h3-9,12,19H,10-11,13-15H2,1-2H3/t19-/m1/s1. The monoisotopic (exact) mass is 447 g/mol. The van der Waals surface area contributed by atoms with Gasteiger partial charge in [-0.2, -0.15) is 0 Å². The summed E-state index contributed by atoms with van der Waals surface area (Å²) in [5, 5.41) is 10.9. The number of carbonyl (C=O) groups excluding carboxylic acids is 1. The molecule has 0 N–H and O–H groups in total. The predicted molar refractivity (Wildman–Crippen MR) is 117 cm³/mol. The Hall–Kier alpha value is -3.14. The molecule has 31 heavy (non-hydrogen) atoms. The average Bonchev–Trinajstić information content (AvgIpc) is 3.10. The lowest BCUT2D eigenvalue weighted by Gasteiger charge is -2.28. The first kappa shape index (κ1) is 22.5. The van der Waals surface area contributed by atoms with Crippen molar-refractivity contribution in [2.45, 2.75) is 19.0 Å². The Labute approximate surface area is 181 Å². The molecule has 0 spiro atoms. The van der Waals surface area contributed by atoms with E-state index in [0.717, 1.165) is 11.3 Å². The number of carbonyl (C=O) groups is 1. The number of hydrogen-bond acceptors (Lipinski definition) is 7. The summed E-state index contributed by atoms with van der Waals surface area (Å²) < 4.78 is 29.5. The van der Waals surface area contributed by atoms with Crippen LogP contribution in [0.4, 0.5) is 11.4 Å². The summed E-state index contributed by atoms with van der Waals surface area (Å²) in [6.45, 7) is -0.0848. The van der Waals surface area contributed by atoms with Crippen LogP contribution in [0.25, 0.3) is 0 Å². The number of sulfone groups is 1. The number of nitrogens with zero attached hydrogens (tertiary/aromatic N) is 3. The van der Waals surface area contributed by atoms with Gasteiger partial charge in [0.15, 0.2) is 16.4 Å². The van der Waals surface area contributed by atoms with Gasteiger partial charge in [-0.1, -0.05) is 18.2 Å². The third-order valence-corrected chi connectivity index (χ3v) is 6.92. The Morgan fingerprint density at radius 2 is 1.90 bits per heavy atom. The first-order valence-electron chi connectivity index (χ1n) is 9.78. The molecule has 2 aromatic rings. The summed E-state index contributed by atoms with van der Waals surface area (Å²) in [5.41, 5.74) is 1.75. The smallest absolute Gasteiger partial charge is 0.273 e. The maximum absolute atomic E-state index is 13.0. The minimum Gasteiger partial charge on any atom is -0.484 e. The summed E-state index contributed by atoms with van der Waals surface area (Å²) in [7, 11) is 0.677. The van der Waals surface area contributed by atoms with E-state index in [1.54, 1.807) is 0 Å². The SMILES string of the molecule is CN(C)c1ccc(CN(C(=O)COc2cccc([N+](=O)[O-])c2)[C@@H]2CCS(=O)(=O)C2)cc1. The van der Waals surface area contributed by atoms with Crippen LogP contribution in [0.5, 0.6) is 5.75 Å². The fourth-order valence-electron chi connectivity index (χ4n) is 3.45. The molecular formula is C21H25N3O6S. The zero-order chi connectivity index (χ0) is 22.6. The fraction of sp³-hybridized carbons (Fsp3) is 0.381. The number of amides is 1. The van der Waals surface area contributed by atoms with Crippen molar-refractivity contribution in [3.05, 3.63) is 64.2 Å². The van der Waals surface area contributed by atoms with E-state index in [-0.39, 0.29) is 42.0 Å². The number of nitro groups is 1. The van der Waals surface area contributed by atoms with Crippen molar-refractivity contribution in [2.24, 2.45) is 0 Å². The topological polar surface area (TPSA) is 110 Å². The molecule has 0 bridgehead atoms. The molecule has 0 unspecified atom stereocenters. The van der Waals surface area contributed by atoms with Gasteiger partial charge in [0.1, 0.15) is 5.75 Å². The molecule has 1 aliphatic heterocycles. The van der Waals surface area contributed by atoms with Gasteiger partial charge < -0.3 is 14.5 Å². The van der Waals surface area contributed by atoms with Crippen LogP contribution in [0.2, 0.25) is 0 Å². The molecule has 3 rings (SSSR count). The van der Waals surface area contributed by atoms with E-state index in [0.29, 0.717) is 6.42 Å². The van der Waals surface area contributed by atoms with Crippen LogP contribution in [0.1, 0.15) is 12.0 Å². The molecule has 2 aromatic carbocycles. The molecule has 1 fully saturated rings. The molecule has 1 saturated heterocycles. The second-order valence-electron chi connectivity index (χ2n) is 7.68. The maximum atomic E-state index is 13.0. The number of ether oxygens (including phenoxy) is 1. The molecule has 0 aliphatic carbocycles. The fourth-order valence-corrected chi connectivity index (χ4v) is 5.18. The largest absolute Gasteiger partial charge is 0.484 e. The van der Waals surface area contributed by atoms with Crippen LogP contribution in [0.15, 0.2) is 48.5 Å².